The van der Waals surface area contributed by atoms with Crippen molar-refractivity contribution in [3.05, 3.63) is 57.8 Å². The number of amides is 1. The van der Waals surface area contributed by atoms with Gasteiger partial charge in [0.2, 0.25) is 5.88 Å². The van der Waals surface area contributed by atoms with Crippen LogP contribution in [-0.4, -0.2) is 16.0 Å². The van der Waals surface area contributed by atoms with E-state index in [9.17, 15) is 14.9 Å². The van der Waals surface area contributed by atoms with E-state index in [1.165, 1.54) is 24.3 Å². The Bertz CT molecular complexity index is 676. The van der Waals surface area contributed by atoms with E-state index >= 15 is 0 Å². The number of aromatic nitrogens is 1. The summed E-state index contributed by atoms with van der Waals surface area (Å²) in [6.45, 7) is 1.73. The first-order chi connectivity index (χ1) is 9.54. The summed E-state index contributed by atoms with van der Waals surface area (Å²) in [5.74, 6) is -0.163. The van der Waals surface area contributed by atoms with Crippen molar-refractivity contribution in [3.63, 3.8) is 0 Å². The summed E-state index contributed by atoms with van der Waals surface area (Å²) in [5, 5.41) is 16.7. The monoisotopic (exact) mass is 273 g/mol. The van der Waals surface area contributed by atoms with E-state index in [1.807, 2.05) is 0 Å². The van der Waals surface area contributed by atoms with Gasteiger partial charge in [0.25, 0.3) is 11.6 Å². The Morgan fingerprint density at radius 3 is 2.90 bits per heavy atom. The van der Waals surface area contributed by atoms with E-state index in [1.54, 1.807) is 25.1 Å². The van der Waals surface area contributed by atoms with Crippen LogP contribution in [0.4, 0.5) is 11.6 Å². The summed E-state index contributed by atoms with van der Waals surface area (Å²) >= 11 is 0. The molecule has 1 aromatic heterocycles. The fourth-order valence-electron chi connectivity index (χ4n) is 1.50. The number of aryl methyl sites for hydroxylation is 1. The van der Waals surface area contributed by atoms with Gasteiger partial charge in [-0.3, -0.25) is 20.2 Å². The van der Waals surface area contributed by atoms with Gasteiger partial charge in [-0.05, 0) is 18.6 Å². The van der Waals surface area contributed by atoms with Crippen LogP contribution in [0, 0.1) is 17.0 Å². The van der Waals surface area contributed by atoms with Crippen LogP contribution in [0.5, 0.6) is 0 Å². The van der Waals surface area contributed by atoms with E-state index in [0.29, 0.717) is 11.3 Å². The number of nitrogens with one attached hydrogen (secondary N) is 1. The summed E-state index contributed by atoms with van der Waals surface area (Å²) in [7, 11) is 0. The summed E-state index contributed by atoms with van der Waals surface area (Å²) in [4.78, 5) is 21.7. The van der Waals surface area contributed by atoms with Crippen molar-refractivity contribution < 1.29 is 14.2 Å². The molecule has 0 aliphatic rings. The highest BCUT2D eigenvalue weighted by atomic mass is 16.6. The molecule has 0 spiro atoms. The van der Waals surface area contributed by atoms with E-state index in [-0.39, 0.29) is 11.6 Å². The summed E-state index contributed by atoms with van der Waals surface area (Å²) in [5.41, 5.74) is 1.18. The largest absolute Gasteiger partial charge is 0.338 e. The molecule has 0 aliphatic carbocycles. The minimum absolute atomic E-state index is 0.0292. The molecule has 1 heterocycles. The standard InChI is InChI=1S/C13H11N3O4/c1-9-7-13(20-15-9)14-12(17)6-5-10-3-2-4-11(8-10)16(18)19/h2-8H,1H3,(H,14,17)/b6-5+. The molecule has 2 rings (SSSR count). The van der Waals surface area contributed by atoms with Crippen LogP contribution in [0.2, 0.25) is 0 Å². The zero-order chi connectivity index (χ0) is 14.5. The molecule has 0 unspecified atom stereocenters. The number of nitro benzene ring substituents is 1. The van der Waals surface area contributed by atoms with Crippen LogP contribution in [0.1, 0.15) is 11.3 Å². The highest BCUT2D eigenvalue weighted by Crippen LogP contribution is 2.14. The predicted octanol–water partition coefficient (Wildman–Crippen LogP) is 2.54. The van der Waals surface area contributed by atoms with Crippen LogP contribution in [-0.2, 0) is 4.79 Å². The van der Waals surface area contributed by atoms with E-state index in [2.05, 4.69) is 10.5 Å². The highest BCUT2D eigenvalue weighted by molar-refractivity contribution is 6.01. The Hall–Kier alpha value is -2.96. The third kappa shape index (κ3) is 3.52. The Balaban J connectivity index is 2.03. The number of carbonyl (C=O) groups is 1. The van der Waals surface area contributed by atoms with Gasteiger partial charge in [0.05, 0.1) is 10.6 Å². The molecule has 0 bridgehead atoms. The third-order valence-corrected chi connectivity index (χ3v) is 2.38. The lowest BCUT2D eigenvalue weighted by Crippen LogP contribution is -2.06. The second-order valence-electron chi connectivity index (χ2n) is 4.01. The summed E-state index contributed by atoms with van der Waals surface area (Å²) < 4.78 is 4.83. The van der Waals surface area contributed by atoms with Crippen molar-refractivity contribution >= 4 is 23.6 Å². The number of nitro groups is 1. The first-order valence-corrected chi connectivity index (χ1v) is 5.71. The number of carbonyl (C=O) groups excluding carboxylic acids is 1. The van der Waals surface area contributed by atoms with Gasteiger partial charge in [-0.15, -0.1) is 0 Å². The zero-order valence-corrected chi connectivity index (χ0v) is 10.6. The molecule has 0 saturated heterocycles. The minimum Gasteiger partial charge on any atom is -0.338 e. The second-order valence-corrected chi connectivity index (χ2v) is 4.01. The van der Waals surface area contributed by atoms with Crippen LogP contribution in [0.3, 0.4) is 0 Å². The fourth-order valence-corrected chi connectivity index (χ4v) is 1.50. The van der Waals surface area contributed by atoms with Crippen LogP contribution in [0.15, 0.2) is 40.9 Å². The van der Waals surface area contributed by atoms with Crippen molar-refractivity contribution in [2.75, 3.05) is 5.32 Å². The van der Waals surface area contributed by atoms with Gasteiger partial charge >= 0.3 is 0 Å². The molecule has 1 N–H and O–H groups in total. The topological polar surface area (TPSA) is 98.3 Å². The average Bonchev–Trinajstić information content (AvgIpc) is 2.82. The lowest BCUT2D eigenvalue weighted by molar-refractivity contribution is -0.384. The summed E-state index contributed by atoms with van der Waals surface area (Å²) in [6, 6.07) is 7.56. The molecule has 7 nitrogen and oxygen atoms in total. The number of rotatable bonds is 4. The van der Waals surface area contributed by atoms with Gasteiger partial charge in [0, 0.05) is 24.3 Å². The SMILES string of the molecule is Cc1cc(NC(=O)/C=C/c2cccc([N+](=O)[O-])c2)on1. The van der Waals surface area contributed by atoms with Crippen molar-refractivity contribution in [2.45, 2.75) is 6.92 Å². The first kappa shape index (κ1) is 13.5. The number of nitrogens with zero attached hydrogens (tertiary/aromatic N) is 2. The molecule has 0 radical (unpaired) electrons. The zero-order valence-electron chi connectivity index (χ0n) is 10.6. The molecule has 1 aromatic carbocycles. The van der Waals surface area contributed by atoms with Crippen molar-refractivity contribution in [1.82, 2.24) is 5.16 Å². The molecule has 7 heteroatoms. The fraction of sp³-hybridized carbons (Fsp3) is 0.0769. The highest BCUT2D eigenvalue weighted by Gasteiger charge is 2.05. The Morgan fingerprint density at radius 2 is 2.25 bits per heavy atom. The second kappa shape index (κ2) is 5.79. The minimum atomic E-state index is -0.491. The quantitative estimate of drug-likeness (QED) is 0.524. The molecule has 1 amide bonds. The maximum atomic E-state index is 11.6. The van der Waals surface area contributed by atoms with E-state index in [4.69, 9.17) is 4.52 Å². The predicted molar refractivity (Wildman–Crippen MR) is 72.0 cm³/mol. The third-order valence-electron chi connectivity index (χ3n) is 2.38. The van der Waals surface area contributed by atoms with E-state index in [0.717, 1.165) is 0 Å². The van der Waals surface area contributed by atoms with Crippen LogP contribution in [0.25, 0.3) is 6.08 Å². The summed E-state index contributed by atoms with van der Waals surface area (Å²) in [6.07, 6.45) is 2.74. The van der Waals surface area contributed by atoms with Gasteiger partial charge in [0.15, 0.2) is 0 Å². The van der Waals surface area contributed by atoms with Crippen LogP contribution < -0.4 is 5.32 Å². The maximum Gasteiger partial charge on any atom is 0.270 e. The van der Waals surface area contributed by atoms with Gasteiger partial charge in [-0.25, -0.2) is 0 Å². The number of hydrogen-bond donors (Lipinski definition) is 1. The Labute approximate surface area is 114 Å². The molecular formula is C13H11N3O4. The van der Waals surface area contributed by atoms with Gasteiger partial charge in [-0.1, -0.05) is 17.3 Å². The van der Waals surface area contributed by atoms with Crippen molar-refractivity contribution in [1.29, 1.82) is 0 Å². The Morgan fingerprint density at radius 1 is 1.45 bits per heavy atom. The number of non-ortho nitro benzene ring substituents is 1. The van der Waals surface area contributed by atoms with Gasteiger partial charge < -0.3 is 4.52 Å². The molecule has 0 saturated carbocycles. The molecule has 0 atom stereocenters. The maximum absolute atomic E-state index is 11.6. The van der Waals surface area contributed by atoms with Crippen LogP contribution >= 0.6 is 0 Å². The molecule has 20 heavy (non-hydrogen) atoms. The smallest absolute Gasteiger partial charge is 0.270 e. The molecule has 102 valence electrons. The lowest BCUT2D eigenvalue weighted by Gasteiger charge is -1.96. The molecule has 0 fully saturated rings. The Kier molecular flexibility index (Phi) is 3.90. The number of hydrogen-bond acceptors (Lipinski definition) is 5. The first-order valence-electron chi connectivity index (χ1n) is 5.71. The number of anilines is 1. The number of benzene rings is 1. The van der Waals surface area contributed by atoms with Gasteiger partial charge in [0.1, 0.15) is 0 Å². The lowest BCUT2D eigenvalue weighted by atomic mass is 10.2. The molecular weight excluding hydrogens is 262 g/mol. The van der Waals surface area contributed by atoms with Gasteiger partial charge in [-0.2, -0.15) is 0 Å². The van der Waals surface area contributed by atoms with Crippen molar-refractivity contribution in [3.8, 4) is 0 Å². The average molecular weight is 273 g/mol. The molecule has 0 aliphatic heterocycles. The van der Waals surface area contributed by atoms with Crippen molar-refractivity contribution in [2.24, 2.45) is 0 Å². The molecule has 2 aromatic rings. The van der Waals surface area contributed by atoms with E-state index < -0.39 is 10.8 Å². The normalized spacial score (nSPS) is 10.7.